The van der Waals surface area contributed by atoms with Crippen molar-refractivity contribution in [2.45, 2.75) is 26.2 Å². The fourth-order valence-corrected chi connectivity index (χ4v) is 4.54. The molecule has 4 rings (SSSR count). The summed E-state index contributed by atoms with van der Waals surface area (Å²) in [6.07, 6.45) is 3.46. The van der Waals surface area contributed by atoms with E-state index < -0.39 is 0 Å². The first-order chi connectivity index (χ1) is 15.5. The monoisotopic (exact) mass is 436 g/mol. The summed E-state index contributed by atoms with van der Waals surface area (Å²) in [5.74, 6) is 0.791. The summed E-state index contributed by atoms with van der Waals surface area (Å²) in [5, 5.41) is 2.86. The standard InChI is InChI=1S/C25H32N4O3/c1-19(30)26-20-9-10-23(24(17-20)28-11-4-3-5-12-28)25(31)29-15-13-27(14-16-29)21-7-6-8-22(18-21)32-2/h6-10,17-18H,3-5,11-16H2,1-2H3,(H,26,30). The Morgan fingerprint density at radius 1 is 0.875 bits per heavy atom. The number of nitrogens with one attached hydrogen (secondary N) is 1. The average molecular weight is 437 g/mol. The van der Waals surface area contributed by atoms with Crippen LogP contribution in [0.3, 0.4) is 0 Å². The zero-order chi connectivity index (χ0) is 22.5. The number of benzene rings is 2. The molecule has 0 aliphatic carbocycles. The summed E-state index contributed by atoms with van der Waals surface area (Å²) in [4.78, 5) is 31.6. The van der Waals surface area contributed by atoms with Crippen LogP contribution in [0, 0.1) is 0 Å². The summed E-state index contributed by atoms with van der Waals surface area (Å²) >= 11 is 0. The van der Waals surface area contributed by atoms with Crippen LogP contribution in [0.2, 0.25) is 0 Å². The molecular weight excluding hydrogens is 404 g/mol. The Morgan fingerprint density at radius 3 is 2.31 bits per heavy atom. The largest absolute Gasteiger partial charge is 0.497 e. The highest BCUT2D eigenvalue weighted by Gasteiger charge is 2.26. The SMILES string of the molecule is COc1cccc(N2CCN(C(=O)c3ccc(NC(C)=O)cc3N3CCCCC3)CC2)c1. The third kappa shape index (κ3) is 4.98. The molecule has 2 aliphatic rings. The number of hydrogen-bond donors (Lipinski definition) is 1. The average Bonchev–Trinajstić information content (AvgIpc) is 2.84. The van der Waals surface area contributed by atoms with Gasteiger partial charge in [-0.15, -0.1) is 0 Å². The van der Waals surface area contributed by atoms with Gasteiger partial charge in [0.25, 0.3) is 5.91 Å². The predicted molar refractivity (Wildman–Crippen MR) is 128 cm³/mol. The molecule has 7 nitrogen and oxygen atoms in total. The Balaban J connectivity index is 1.50. The first-order valence-electron chi connectivity index (χ1n) is 11.4. The van der Waals surface area contributed by atoms with E-state index in [1.165, 1.54) is 13.3 Å². The molecule has 32 heavy (non-hydrogen) atoms. The Kier molecular flexibility index (Phi) is 6.83. The van der Waals surface area contributed by atoms with Gasteiger partial charge in [0, 0.05) is 63.6 Å². The second kappa shape index (κ2) is 9.94. The van der Waals surface area contributed by atoms with Gasteiger partial charge in [0.1, 0.15) is 5.75 Å². The van der Waals surface area contributed by atoms with Crippen molar-refractivity contribution in [2.24, 2.45) is 0 Å². The number of nitrogens with zero attached hydrogens (tertiary/aromatic N) is 3. The van der Waals surface area contributed by atoms with Gasteiger partial charge in [0.2, 0.25) is 5.91 Å². The van der Waals surface area contributed by atoms with Crippen LogP contribution in [0.15, 0.2) is 42.5 Å². The van der Waals surface area contributed by atoms with Crippen molar-refractivity contribution in [2.75, 3.05) is 61.5 Å². The number of rotatable bonds is 5. The number of hydrogen-bond acceptors (Lipinski definition) is 5. The second-order valence-electron chi connectivity index (χ2n) is 8.44. The lowest BCUT2D eigenvalue weighted by Gasteiger charge is -2.37. The summed E-state index contributed by atoms with van der Waals surface area (Å²) in [7, 11) is 1.67. The molecule has 170 valence electrons. The molecule has 1 N–H and O–H groups in total. The van der Waals surface area contributed by atoms with E-state index >= 15 is 0 Å². The first kappa shape index (κ1) is 22.0. The summed E-state index contributed by atoms with van der Waals surface area (Å²) < 4.78 is 5.35. The zero-order valence-electron chi connectivity index (χ0n) is 19.0. The molecular formula is C25H32N4O3. The van der Waals surface area contributed by atoms with Gasteiger partial charge in [-0.05, 0) is 49.6 Å². The van der Waals surface area contributed by atoms with E-state index in [1.807, 2.05) is 41.3 Å². The van der Waals surface area contributed by atoms with Crippen LogP contribution < -0.4 is 19.9 Å². The third-order valence-electron chi connectivity index (χ3n) is 6.23. The van der Waals surface area contributed by atoms with E-state index in [1.54, 1.807) is 7.11 Å². The third-order valence-corrected chi connectivity index (χ3v) is 6.23. The molecule has 0 radical (unpaired) electrons. The van der Waals surface area contributed by atoms with Gasteiger partial charge < -0.3 is 24.8 Å². The predicted octanol–water partition coefficient (Wildman–Crippen LogP) is 3.61. The molecule has 2 heterocycles. The van der Waals surface area contributed by atoms with Crippen molar-refractivity contribution >= 4 is 28.9 Å². The van der Waals surface area contributed by atoms with Gasteiger partial charge in [0.05, 0.1) is 18.4 Å². The number of carbonyl (C=O) groups excluding carboxylic acids is 2. The Hall–Kier alpha value is -3.22. The van der Waals surface area contributed by atoms with E-state index in [2.05, 4.69) is 21.2 Å². The maximum Gasteiger partial charge on any atom is 0.256 e. The van der Waals surface area contributed by atoms with Crippen molar-refractivity contribution < 1.29 is 14.3 Å². The molecule has 0 bridgehead atoms. The summed E-state index contributed by atoms with van der Waals surface area (Å²) in [5.41, 5.74) is 3.49. The topological polar surface area (TPSA) is 65.1 Å². The van der Waals surface area contributed by atoms with E-state index in [-0.39, 0.29) is 11.8 Å². The lowest BCUT2D eigenvalue weighted by molar-refractivity contribution is -0.114. The molecule has 2 saturated heterocycles. The van der Waals surface area contributed by atoms with Gasteiger partial charge in [0.15, 0.2) is 0 Å². The Labute approximate surface area is 189 Å². The number of piperazine rings is 1. The minimum Gasteiger partial charge on any atom is -0.497 e. The number of anilines is 3. The summed E-state index contributed by atoms with van der Waals surface area (Å²) in [6.45, 7) is 6.28. The zero-order valence-corrected chi connectivity index (χ0v) is 19.0. The fourth-order valence-electron chi connectivity index (χ4n) is 4.54. The number of carbonyl (C=O) groups is 2. The van der Waals surface area contributed by atoms with E-state index in [4.69, 9.17) is 4.74 Å². The maximum absolute atomic E-state index is 13.5. The summed E-state index contributed by atoms with van der Waals surface area (Å²) in [6, 6.07) is 13.7. The molecule has 0 saturated carbocycles. The van der Waals surface area contributed by atoms with Crippen molar-refractivity contribution in [3.05, 3.63) is 48.0 Å². The van der Waals surface area contributed by atoms with E-state index in [9.17, 15) is 9.59 Å². The first-order valence-corrected chi connectivity index (χ1v) is 11.4. The van der Waals surface area contributed by atoms with Gasteiger partial charge in [-0.2, -0.15) is 0 Å². The van der Waals surface area contributed by atoms with Crippen LogP contribution in [0.1, 0.15) is 36.5 Å². The van der Waals surface area contributed by atoms with Crippen LogP contribution in [0.5, 0.6) is 5.75 Å². The fraction of sp³-hybridized carbons (Fsp3) is 0.440. The number of ether oxygens (including phenoxy) is 1. The van der Waals surface area contributed by atoms with Crippen LogP contribution in [-0.2, 0) is 4.79 Å². The molecule has 0 atom stereocenters. The smallest absolute Gasteiger partial charge is 0.256 e. The minimum absolute atomic E-state index is 0.0604. The van der Waals surface area contributed by atoms with Crippen molar-refractivity contribution in [3.8, 4) is 5.75 Å². The van der Waals surface area contributed by atoms with Crippen LogP contribution in [0.4, 0.5) is 17.1 Å². The van der Waals surface area contributed by atoms with Gasteiger partial charge >= 0.3 is 0 Å². The lowest BCUT2D eigenvalue weighted by Crippen LogP contribution is -2.49. The quantitative estimate of drug-likeness (QED) is 0.776. The van der Waals surface area contributed by atoms with Crippen molar-refractivity contribution in [3.63, 3.8) is 0 Å². The Morgan fingerprint density at radius 2 is 1.62 bits per heavy atom. The van der Waals surface area contributed by atoms with Gasteiger partial charge in [-0.1, -0.05) is 6.07 Å². The maximum atomic E-state index is 13.5. The number of methoxy groups -OCH3 is 1. The van der Waals surface area contributed by atoms with E-state index in [0.717, 1.165) is 67.4 Å². The lowest BCUT2D eigenvalue weighted by atomic mass is 10.0. The molecule has 2 aromatic rings. The number of amides is 2. The molecule has 0 aromatic heterocycles. The van der Waals surface area contributed by atoms with Crippen molar-refractivity contribution in [1.29, 1.82) is 0 Å². The Bertz CT molecular complexity index is 963. The minimum atomic E-state index is -0.109. The molecule has 7 heteroatoms. The van der Waals surface area contributed by atoms with Crippen LogP contribution in [-0.4, -0.2) is 63.1 Å². The molecule has 2 amide bonds. The molecule has 0 unspecified atom stereocenters. The molecule has 2 fully saturated rings. The van der Waals surface area contributed by atoms with E-state index in [0.29, 0.717) is 13.1 Å². The highest BCUT2D eigenvalue weighted by atomic mass is 16.5. The number of piperidine rings is 1. The van der Waals surface area contributed by atoms with Gasteiger partial charge in [-0.3, -0.25) is 9.59 Å². The van der Waals surface area contributed by atoms with Crippen LogP contribution >= 0.6 is 0 Å². The highest BCUT2D eigenvalue weighted by Crippen LogP contribution is 2.30. The second-order valence-corrected chi connectivity index (χ2v) is 8.44. The molecule has 2 aliphatic heterocycles. The molecule has 2 aromatic carbocycles. The van der Waals surface area contributed by atoms with Gasteiger partial charge in [-0.25, -0.2) is 0 Å². The molecule has 0 spiro atoms. The normalized spacial score (nSPS) is 16.6. The van der Waals surface area contributed by atoms with Crippen molar-refractivity contribution in [1.82, 2.24) is 4.90 Å². The highest BCUT2D eigenvalue weighted by molar-refractivity contribution is 6.01. The van der Waals surface area contributed by atoms with Crippen LogP contribution in [0.25, 0.3) is 0 Å².